The van der Waals surface area contributed by atoms with Gasteiger partial charge in [-0.25, -0.2) is 0 Å². The van der Waals surface area contributed by atoms with Crippen molar-refractivity contribution in [2.24, 2.45) is 11.8 Å². The Kier molecular flexibility index (Phi) is 2.86. The minimum atomic E-state index is -4.58. The first-order chi connectivity index (χ1) is 9.38. The average Bonchev–Trinajstić information content (AvgIpc) is 2.82. The Morgan fingerprint density at radius 3 is 2.50 bits per heavy atom. The van der Waals surface area contributed by atoms with Gasteiger partial charge in [-0.05, 0) is 24.0 Å². The molecule has 2 fully saturated rings. The Labute approximate surface area is 112 Å². The largest absolute Gasteiger partial charge is 0.416 e. The maximum atomic E-state index is 12.6. The van der Waals surface area contributed by atoms with E-state index in [9.17, 15) is 23.3 Å². The van der Waals surface area contributed by atoms with E-state index in [2.05, 4.69) is 10.6 Å². The molecule has 0 bridgehead atoms. The predicted octanol–water partition coefficient (Wildman–Crippen LogP) is 2.24. The molecule has 3 rings (SSSR count). The number of halogens is 3. The van der Waals surface area contributed by atoms with E-state index in [4.69, 9.17) is 0 Å². The second-order valence-corrected chi connectivity index (χ2v) is 5.14. The number of anilines is 1. The molecular formula is C12H12F3N3O2. The summed E-state index contributed by atoms with van der Waals surface area (Å²) in [6.07, 6.45) is -4.58. The summed E-state index contributed by atoms with van der Waals surface area (Å²) in [7, 11) is 0. The van der Waals surface area contributed by atoms with Crippen LogP contribution < -0.4 is 10.6 Å². The fraction of sp³-hybridized carbons (Fsp3) is 0.500. The van der Waals surface area contributed by atoms with Crippen LogP contribution in [0.15, 0.2) is 18.2 Å². The SMILES string of the molecule is O=[N+]([O-])c1cc(C(F)(F)F)ccc1NC1C2CNCC21. The van der Waals surface area contributed by atoms with Crippen LogP contribution >= 0.6 is 0 Å². The number of nitrogens with one attached hydrogen (secondary N) is 2. The van der Waals surface area contributed by atoms with Crippen LogP contribution in [0.5, 0.6) is 0 Å². The molecule has 1 saturated carbocycles. The Morgan fingerprint density at radius 1 is 1.30 bits per heavy atom. The zero-order valence-electron chi connectivity index (χ0n) is 10.3. The van der Waals surface area contributed by atoms with Crippen molar-refractivity contribution in [2.75, 3.05) is 18.4 Å². The molecule has 1 aliphatic heterocycles. The number of rotatable bonds is 3. The van der Waals surface area contributed by atoms with E-state index in [1.807, 2.05) is 0 Å². The Bertz CT molecular complexity index is 551. The highest BCUT2D eigenvalue weighted by Crippen LogP contribution is 2.45. The molecule has 2 atom stereocenters. The first-order valence-corrected chi connectivity index (χ1v) is 6.21. The van der Waals surface area contributed by atoms with Gasteiger partial charge in [-0.2, -0.15) is 13.2 Å². The molecule has 20 heavy (non-hydrogen) atoms. The molecular weight excluding hydrogens is 275 g/mol. The van der Waals surface area contributed by atoms with Crippen molar-refractivity contribution in [1.82, 2.24) is 5.32 Å². The lowest BCUT2D eigenvalue weighted by Crippen LogP contribution is -2.21. The number of hydrogen-bond acceptors (Lipinski definition) is 4. The van der Waals surface area contributed by atoms with E-state index in [0.29, 0.717) is 17.9 Å². The van der Waals surface area contributed by atoms with Crippen molar-refractivity contribution in [3.63, 3.8) is 0 Å². The zero-order chi connectivity index (χ0) is 14.5. The third-order valence-electron chi connectivity index (χ3n) is 3.94. The van der Waals surface area contributed by atoms with Gasteiger partial charge in [0.25, 0.3) is 5.69 Å². The van der Waals surface area contributed by atoms with Crippen LogP contribution in [0.1, 0.15) is 5.56 Å². The molecule has 2 unspecified atom stereocenters. The van der Waals surface area contributed by atoms with Crippen LogP contribution in [-0.4, -0.2) is 24.1 Å². The van der Waals surface area contributed by atoms with Gasteiger partial charge >= 0.3 is 6.18 Å². The lowest BCUT2D eigenvalue weighted by Gasteiger charge is -2.12. The Hall–Kier alpha value is -1.83. The summed E-state index contributed by atoms with van der Waals surface area (Å²) in [5.74, 6) is 0.828. The number of benzene rings is 1. The highest BCUT2D eigenvalue weighted by Gasteiger charge is 2.53. The van der Waals surface area contributed by atoms with Crippen LogP contribution in [0.25, 0.3) is 0 Å². The maximum absolute atomic E-state index is 12.6. The second kappa shape index (κ2) is 4.34. The summed E-state index contributed by atoms with van der Waals surface area (Å²) < 4.78 is 37.7. The maximum Gasteiger partial charge on any atom is 0.416 e. The van der Waals surface area contributed by atoms with Gasteiger partial charge in [0.1, 0.15) is 5.69 Å². The first kappa shape index (κ1) is 13.2. The number of hydrogen-bond donors (Lipinski definition) is 2. The summed E-state index contributed by atoms with van der Waals surface area (Å²) >= 11 is 0. The van der Waals surface area contributed by atoms with Gasteiger partial charge in [-0.1, -0.05) is 0 Å². The highest BCUT2D eigenvalue weighted by molar-refractivity contribution is 5.64. The number of nitro benzene ring substituents is 1. The van der Waals surface area contributed by atoms with Crippen molar-refractivity contribution in [2.45, 2.75) is 12.2 Å². The molecule has 2 aliphatic rings. The summed E-state index contributed by atoms with van der Waals surface area (Å²) in [6, 6.07) is 2.71. The quantitative estimate of drug-likeness (QED) is 0.661. The summed E-state index contributed by atoms with van der Waals surface area (Å²) in [5.41, 5.74) is -1.38. The molecule has 108 valence electrons. The van der Waals surface area contributed by atoms with Crippen LogP contribution in [0.3, 0.4) is 0 Å². The fourth-order valence-corrected chi connectivity index (χ4v) is 2.79. The monoisotopic (exact) mass is 287 g/mol. The third kappa shape index (κ3) is 2.20. The lowest BCUT2D eigenvalue weighted by molar-refractivity contribution is -0.384. The molecule has 1 aromatic carbocycles. The predicted molar refractivity (Wildman–Crippen MR) is 65.4 cm³/mol. The van der Waals surface area contributed by atoms with E-state index in [1.54, 1.807) is 0 Å². The van der Waals surface area contributed by atoms with Crippen molar-refractivity contribution >= 4 is 11.4 Å². The van der Waals surface area contributed by atoms with Gasteiger partial charge in [0.2, 0.25) is 0 Å². The van der Waals surface area contributed by atoms with Crippen LogP contribution in [-0.2, 0) is 6.18 Å². The van der Waals surface area contributed by atoms with E-state index < -0.39 is 22.4 Å². The Balaban J connectivity index is 1.85. The first-order valence-electron chi connectivity index (χ1n) is 6.21. The van der Waals surface area contributed by atoms with Crippen LogP contribution in [0.4, 0.5) is 24.5 Å². The molecule has 0 aromatic heterocycles. The molecule has 1 aliphatic carbocycles. The lowest BCUT2D eigenvalue weighted by atomic mass is 10.1. The zero-order valence-corrected chi connectivity index (χ0v) is 10.3. The molecule has 0 amide bonds. The normalized spacial score (nSPS) is 28.1. The number of nitro groups is 1. The van der Waals surface area contributed by atoms with Crippen LogP contribution in [0.2, 0.25) is 0 Å². The number of nitrogens with zero attached hydrogens (tertiary/aromatic N) is 1. The van der Waals surface area contributed by atoms with E-state index in [1.165, 1.54) is 0 Å². The van der Waals surface area contributed by atoms with Gasteiger partial charge in [-0.15, -0.1) is 0 Å². The molecule has 2 N–H and O–H groups in total. The van der Waals surface area contributed by atoms with Crippen molar-refractivity contribution in [1.29, 1.82) is 0 Å². The molecule has 0 radical (unpaired) electrons. The average molecular weight is 287 g/mol. The Morgan fingerprint density at radius 2 is 1.95 bits per heavy atom. The van der Waals surface area contributed by atoms with E-state index in [-0.39, 0.29) is 11.7 Å². The topological polar surface area (TPSA) is 67.2 Å². The van der Waals surface area contributed by atoms with E-state index in [0.717, 1.165) is 25.2 Å². The molecule has 0 spiro atoms. The number of fused-ring (bicyclic) bond motifs is 1. The third-order valence-corrected chi connectivity index (χ3v) is 3.94. The van der Waals surface area contributed by atoms with Crippen molar-refractivity contribution < 1.29 is 18.1 Å². The van der Waals surface area contributed by atoms with Crippen molar-refractivity contribution in [3.05, 3.63) is 33.9 Å². The highest BCUT2D eigenvalue weighted by atomic mass is 19.4. The number of piperidine rings is 1. The van der Waals surface area contributed by atoms with Gasteiger partial charge in [0.05, 0.1) is 10.5 Å². The second-order valence-electron chi connectivity index (χ2n) is 5.14. The fourth-order valence-electron chi connectivity index (χ4n) is 2.79. The van der Waals surface area contributed by atoms with Gasteiger partial charge < -0.3 is 10.6 Å². The van der Waals surface area contributed by atoms with Crippen molar-refractivity contribution in [3.8, 4) is 0 Å². The minimum absolute atomic E-state index is 0.117. The summed E-state index contributed by atoms with van der Waals surface area (Å²) in [5, 5.41) is 17.1. The minimum Gasteiger partial charge on any atom is -0.376 e. The molecule has 8 heteroatoms. The summed E-state index contributed by atoms with van der Waals surface area (Å²) in [6.45, 7) is 1.69. The van der Waals surface area contributed by atoms with E-state index >= 15 is 0 Å². The summed E-state index contributed by atoms with van der Waals surface area (Å²) in [4.78, 5) is 10.2. The standard InChI is InChI=1S/C12H12F3N3O2/c13-12(14,15)6-1-2-9(10(3-6)18(19)20)17-11-7-4-16-5-8(7)11/h1-3,7-8,11,16-17H,4-5H2. The smallest absolute Gasteiger partial charge is 0.376 e. The molecule has 1 heterocycles. The molecule has 1 saturated heterocycles. The molecule has 1 aromatic rings. The number of alkyl halides is 3. The van der Waals surface area contributed by atoms with Crippen LogP contribution in [0, 0.1) is 22.0 Å². The van der Waals surface area contributed by atoms with Gasteiger partial charge in [-0.3, -0.25) is 10.1 Å². The van der Waals surface area contributed by atoms with Gasteiger partial charge in [0, 0.05) is 25.2 Å². The van der Waals surface area contributed by atoms with Gasteiger partial charge in [0.15, 0.2) is 0 Å². The molecule has 5 nitrogen and oxygen atoms in total.